The molecule has 138 valence electrons. The molecule has 1 aromatic carbocycles. The zero-order chi connectivity index (χ0) is 18.1. The Kier molecular flexibility index (Phi) is 4.69. The fraction of sp³-hybridized carbons (Fsp3) is 0.421. The molecule has 7 heteroatoms. The van der Waals surface area contributed by atoms with Crippen molar-refractivity contribution in [2.24, 2.45) is 5.92 Å². The molecule has 2 saturated heterocycles. The number of piperidine rings is 1. The fourth-order valence-electron chi connectivity index (χ4n) is 4.01. The van der Waals surface area contributed by atoms with Crippen molar-refractivity contribution in [1.82, 2.24) is 20.7 Å². The first-order valence-corrected chi connectivity index (χ1v) is 8.80. The Morgan fingerprint density at radius 2 is 2.04 bits per heavy atom. The van der Waals surface area contributed by atoms with Gasteiger partial charge in [0.25, 0.3) is 0 Å². The lowest BCUT2D eigenvalue weighted by atomic mass is 9.84. The second kappa shape index (κ2) is 6.98. The molecule has 2 fully saturated rings. The second-order valence-corrected chi connectivity index (χ2v) is 7.04. The molecule has 4 nitrogen and oxygen atoms in total. The van der Waals surface area contributed by atoms with Crippen molar-refractivity contribution in [1.29, 1.82) is 0 Å². The van der Waals surface area contributed by atoms with Crippen LogP contribution in [0.4, 0.5) is 13.2 Å². The summed E-state index contributed by atoms with van der Waals surface area (Å²) in [7, 11) is 0. The van der Waals surface area contributed by atoms with Crippen LogP contribution in [0, 0.1) is 5.92 Å². The van der Waals surface area contributed by atoms with Gasteiger partial charge in [0.05, 0.1) is 11.6 Å². The minimum Gasteiger partial charge on any atom is -0.299 e. The molecule has 2 aliphatic rings. The third-order valence-electron chi connectivity index (χ3n) is 5.30. The van der Waals surface area contributed by atoms with Crippen molar-refractivity contribution >= 4 is 0 Å². The number of rotatable bonds is 3. The molecule has 4 rings (SSSR count). The lowest BCUT2D eigenvalue weighted by molar-refractivity contribution is -0.137. The molecule has 2 N–H and O–H groups in total. The number of hydrazine groups is 1. The molecule has 26 heavy (non-hydrogen) atoms. The van der Waals surface area contributed by atoms with E-state index < -0.39 is 11.7 Å². The van der Waals surface area contributed by atoms with Crippen molar-refractivity contribution in [3.63, 3.8) is 0 Å². The molecule has 2 aliphatic heterocycles. The Morgan fingerprint density at radius 3 is 2.81 bits per heavy atom. The number of fused-ring (bicyclic) bond motifs is 1. The first-order chi connectivity index (χ1) is 12.5. The smallest absolute Gasteiger partial charge is 0.299 e. The third-order valence-corrected chi connectivity index (χ3v) is 5.30. The summed E-state index contributed by atoms with van der Waals surface area (Å²) in [4.78, 5) is 6.51. The van der Waals surface area contributed by atoms with Crippen molar-refractivity contribution < 1.29 is 13.2 Å². The lowest BCUT2D eigenvalue weighted by Crippen LogP contribution is -2.45. The first kappa shape index (κ1) is 17.5. The van der Waals surface area contributed by atoms with E-state index in [0.29, 0.717) is 5.56 Å². The van der Waals surface area contributed by atoms with E-state index in [0.717, 1.165) is 37.7 Å². The molecule has 0 bridgehead atoms. The van der Waals surface area contributed by atoms with Gasteiger partial charge in [0.1, 0.15) is 0 Å². The number of benzene rings is 1. The topological polar surface area (TPSA) is 40.2 Å². The molecule has 3 heterocycles. The summed E-state index contributed by atoms with van der Waals surface area (Å²) in [5, 5.41) is 0. The number of hydrogen-bond acceptors (Lipinski definition) is 4. The maximum Gasteiger partial charge on any atom is 0.416 e. The molecule has 3 atom stereocenters. The van der Waals surface area contributed by atoms with E-state index in [1.165, 1.54) is 12.1 Å². The monoisotopic (exact) mass is 362 g/mol. The minimum absolute atomic E-state index is 0.126. The van der Waals surface area contributed by atoms with Crippen LogP contribution in [-0.2, 0) is 12.7 Å². The minimum atomic E-state index is -4.32. The van der Waals surface area contributed by atoms with Crippen molar-refractivity contribution in [2.75, 3.05) is 13.1 Å². The van der Waals surface area contributed by atoms with Gasteiger partial charge in [-0.3, -0.25) is 15.3 Å². The van der Waals surface area contributed by atoms with Gasteiger partial charge in [-0.25, -0.2) is 5.43 Å². The highest BCUT2D eigenvalue weighted by Crippen LogP contribution is 2.36. The number of nitrogens with one attached hydrogen (secondary N) is 2. The van der Waals surface area contributed by atoms with Crippen LogP contribution in [0.3, 0.4) is 0 Å². The van der Waals surface area contributed by atoms with Crippen LogP contribution in [0.5, 0.6) is 0 Å². The molecule has 0 amide bonds. The summed E-state index contributed by atoms with van der Waals surface area (Å²) in [6, 6.07) is 9.78. The predicted octanol–water partition coefficient (Wildman–Crippen LogP) is 3.14. The molecule has 0 radical (unpaired) electrons. The van der Waals surface area contributed by atoms with Crippen molar-refractivity contribution in [2.45, 2.75) is 31.2 Å². The molecule has 3 unspecified atom stereocenters. The average molecular weight is 362 g/mol. The number of hydrogen-bond donors (Lipinski definition) is 2. The van der Waals surface area contributed by atoms with E-state index in [4.69, 9.17) is 0 Å². The van der Waals surface area contributed by atoms with Crippen LogP contribution >= 0.6 is 0 Å². The quantitative estimate of drug-likeness (QED) is 0.880. The third kappa shape index (κ3) is 3.60. The van der Waals surface area contributed by atoms with Gasteiger partial charge in [0.2, 0.25) is 0 Å². The highest BCUT2D eigenvalue weighted by Gasteiger charge is 2.41. The Morgan fingerprint density at radius 1 is 1.15 bits per heavy atom. The maximum atomic E-state index is 13.0. The summed E-state index contributed by atoms with van der Waals surface area (Å²) in [6.45, 7) is 2.60. The van der Waals surface area contributed by atoms with Crippen LogP contribution in [0.15, 0.2) is 48.8 Å². The predicted molar refractivity (Wildman–Crippen MR) is 91.9 cm³/mol. The molecule has 0 aliphatic carbocycles. The van der Waals surface area contributed by atoms with E-state index >= 15 is 0 Å². The Balaban J connectivity index is 1.51. The SMILES string of the molecule is FC(F)(F)c1cccc(C2NNC3CCN(Cc4cccnc4)CC32)c1. The van der Waals surface area contributed by atoms with Crippen LogP contribution in [0.25, 0.3) is 0 Å². The Bertz CT molecular complexity index is 750. The van der Waals surface area contributed by atoms with Crippen LogP contribution in [0.1, 0.15) is 29.2 Å². The van der Waals surface area contributed by atoms with Gasteiger partial charge in [0.15, 0.2) is 0 Å². The van der Waals surface area contributed by atoms with Gasteiger partial charge in [-0.15, -0.1) is 0 Å². The van der Waals surface area contributed by atoms with E-state index in [1.807, 2.05) is 12.3 Å². The molecular formula is C19H21F3N4. The van der Waals surface area contributed by atoms with Crippen LogP contribution < -0.4 is 10.9 Å². The number of likely N-dealkylation sites (tertiary alicyclic amines) is 1. The van der Waals surface area contributed by atoms with E-state index in [9.17, 15) is 13.2 Å². The second-order valence-electron chi connectivity index (χ2n) is 7.04. The number of pyridine rings is 1. The van der Waals surface area contributed by atoms with Gasteiger partial charge in [-0.05, 0) is 35.7 Å². The Labute approximate surface area is 150 Å². The average Bonchev–Trinajstić information content (AvgIpc) is 3.05. The summed E-state index contributed by atoms with van der Waals surface area (Å²) in [6.07, 6.45) is 0.263. The highest BCUT2D eigenvalue weighted by molar-refractivity contribution is 5.29. The summed E-state index contributed by atoms with van der Waals surface area (Å²) >= 11 is 0. The standard InChI is InChI=1S/C19H21F3N4/c20-19(21,22)15-5-1-4-14(9-15)18-16-12-26(8-6-17(16)24-25-18)11-13-3-2-7-23-10-13/h1-5,7,9-10,16-18,24-25H,6,8,11-12H2. The lowest BCUT2D eigenvalue weighted by Gasteiger charge is -2.36. The summed E-state index contributed by atoms with van der Waals surface area (Å²) in [5.74, 6) is 0.226. The number of alkyl halides is 3. The van der Waals surface area contributed by atoms with E-state index in [1.54, 1.807) is 12.3 Å². The van der Waals surface area contributed by atoms with E-state index in [-0.39, 0.29) is 18.0 Å². The Hall–Kier alpha value is -1.96. The zero-order valence-electron chi connectivity index (χ0n) is 14.2. The van der Waals surface area contributed by atoms with Crippen molar-refractivity contribution in [3.8, 4) is 0 Å². The summed E-state index contributed by atoms with van der Waals surface area (Å²) < 4.78 is 39.1. The van der Waals surface area contributed by atoms with Gasteiger partial charge >= 0.3 is 6.18 Å². The largest absolute Gasteiger partial charge is 0.416 e. The maximum absolute atomic E-state index is 13.0. The van der Waals surface area contributed by atoms with Gasteiger partial charge in [-0.2, -0.15) is 13.2 Å². The van der Waals surface area contributed by atoms with Crippen molar-refractivity contribution in [3.05, 3.63) is 65.5 Å². The highest BCUT2D eigenvalue weighted by atomic mass is 19.4. The van der Waals surface area contributed by atoms with Gasteiger partial charge < -0.3 is 0 Å². The van der Waals surface area contributed by atoms with Gasteiger partial charge in [-0.1, -0.05) is 18.2 Å². The molecule has 0 saturated carbocycles. The zero-order valence-corrected chi connectivity index (χ0v) is 14.2. The number of aromatic nitrogens is 1. The molecule has 1 aromatic heterocycles. The first-order valence-electron chi connectivity index (χ1n) is 8.80. The summed E-state index contributed by atoms with van der Waals surface area (Å²) in [5.41, 5.74) is 7.74. The van der Waals surface area contributed by atoms with E-state index in [2.05, 4.69) is 26.8 Å². The van der Waals surface area contributed by atoms with Crippen LogP contribution in [-0.4, -0.2) is 29.0 Å². The number of halogens is 3. The molecular weight excluding hydrogens is 341 g/mol. The fourth-order valence-corrected chi connectivity index (χ4v) is 4.01. The molecule has 0 spiro atoms. The van der Waals surface area contributed by atoms with Crippen LogP contribution in [0.2, 0.25) is 0 Å². The molecule has 2 aromatic rings. The normalized spacial score (nSPS) is 26.7. The number of nitrogens with zero attached hydrogens (tertiary/aromatic N) is 2. The van der Waals surface area contributed by atoms with Gasteiger partial charge in [0, 0.05) is 44.0 Å².